The van der Waals surface area contributed by atoms with E-state index in [2.05, 4.69) is 16.9 Å². The van der Waals surface area contributed by atoms with Crippen molar-refractivity contribution in [2.75, 3.05) is 0 Å². The van der Waals surface area contributed by atoms with Crippen molar-refractivity contribution in [1.82, 2.24) is 0 Å². The normalized spacial score (nSPS) is 25.4. The maximum atomic E-state index is 15.0. The van der Waals surface area contributed by atoms with Crippen LogP contribution in [0.2, 0.25) is 0 Å². The predicted molar refractivity (Wildman–Crippen MR) is 114 cm³/mol. The minimum Gasteiger partial charge on any atom is -0.399 e. The molecule has 2 saturated carbocycles. The molecule has 0 radical (unpaired) electrons. The molecule has 0 heterocycles. The fourth-order valence-corrected chi connectivity index (χ4v) is 5.70. The summed E-state index contributed by atoms with van der Waals surface area (Å²) in [4.78, 5) is 0. The van der Waals surface area contributed by atoms with Gasteiger partial charge in [-0.15, -0.1) is 13.2 Å². The molecule has 0 bridgehead atoms. The van der Waals surface area contributed by atoms with Gasteiger partial charge in [-0.25, -0.2) is 17.6 Å². The number of benzene rings is 2. The summed E-state index contributed by atoms with van der Waals surface area (Å²) in [7, 11) is 0. The first-order valence-corrected chi connectivity index (χ1v) is 11.4. The topological polar surface area (TPSA) is 9.23 Å². The zero-order valence-electron chi connectivity index (χ0n) is 18.6. The van der Waals surface area contributed by atoms with E-state index in [9.17, 15) is 30.7 Å². The zero-order valence-corrected chi connectivity index (χ0v) is 18.6. The lowest BCUT2D eigenvalue weighted by Gasteiger charge is -2.42. The molecule has 0 saturated heterocycles. The van der Waals surface area contributed by atoms with Gasteiger partial charge in [0.05, 0.1) is 5.56 Å². The van der Waals surface area contributed by atoms with E-state index in [0.29, 0.717) is 35.4 Å². The SMILES string of the molecule is C/C=C/C1CCC2CC(c3cc(F)c(-c4cc(F)c(OC(F)(F)F)c(F)c4)c(F)c3)CCC2C1. The van der Waals surface area contributed by atoms with Crippen LogP contribution in [-0.4, -0.2) is 6.36 Å². The highest BCUT2D eigenvalue weighted by Crippen LogP contribution is 2.48. The molecule has 0 amide bonds. The summed E-state index contributed by atoms with van der Waals surface area (Å²) >= 11 is 0. The van der Waals surface area contributed by atoms with E-state index in [1.54, 1.807) is 0 Å². The van der Waals surface area contributed by atoms with Gasteiger partial charge in [-0.2, -0.15) is 0 Å². The summed E-state index contributed by atoms with van der Waals surface area (Å²) in [5, 5.41) is 0. The quantitative estimate of drug-likeness (QED) is 0.310. The first-order valence-electron chi connectivity index (χ1n) is 11.4. The molecule has 184 valence electrons. The van der Waals surface area contributed by atoms with E-state index in [1.807, 2.05) is 6.92 Å². The Morgan fingerprint density at radius 3 is 1.97 bits per heavy atom. The molecule has 2 aromatic carbocycles. The Hall–Kier alpha value is -2.51. The van der Waals surface area contributed by atoms with Crippen LogP contribution in [0.5, 0.6) is 5.75 Å². The van der Waals surface area contributed by atoms with Crippen LogP contribution in [-0.2, 0) is 0 Å². The van der Waals surface area contributed by atoms with Crippen molar-refractivity contribution < 1.29 is 35.5 Å². The van der Waals surface area contributed by atoms with Crippen molar-refractivity contribution in [3.8, 4) is 16.9 Å². The van der Waals surface area contributed by atoms with Gasteiger partial charge in [-0.05, 0) is 105 Å². The number of halogens is 7. The highest BCUT2D eigenvalue weighted by Gasteiger charge is 2.36. The standard InChI is InChI=1S/C26H25F7O/c1-2-3-14-4-5-16-9-17(7-6-15(16)8-14)18-10-20(27)24(21(28)11-18)19-12-22(29)25(23(30)13-19)34-26(31,32)33/h2-3,10-17H,4-9H2,1H3/b3-2+. The Morgan fingerprint density at radius 1 is 0.794 bits per heavy atom. The van der Waals surface area contributed by atoms with E-state index in [-0.39, 0.29) is 5.92 Å². The van der Waals surface area contributed by atoms with Crippen LogP contribution < -0.4 is 4.74 Å². The molecule has 4 atom stereocenters. The number of ether oxygens (including phenoxy) is 1. The summed E-state index contributed by atoms with van der Waals surface area (Å²) in [5.74, 6) is -5.45. The van der Waals surface area contributed by atoms with Crippen molar-refractivity contribution in [1.29, 1.82) is 0 Å². The van der Waals surface area contributed by atoms with Crippen molar-refractivity contribution in [3.05, 3.63) is 65.2 Å². The molecule has 0 aromatic heterocycles. The summed E-state index contributed by atoms with van der Waals surface area (Å²) in [6, 6.07) is 3.20. The average molecular weight is 486 g/mol. The van der Waals surface area contributed by atoms with Crippen molar-refractivity contribution in [3.63, 3.8) is 0 Å². The first-order chi connectivity index (χ1) is 16.1. The van der Waals surface area contributed by atoms with E-state index < -0.39 is 46.5 Å². The third-order valence-electron chi connectivity index (χ3n) is 7.16. The van der Waals surface area contributed by atoms with E-state index in [0.717, 1.165) is 38.5 Å². The number of alkyl halides is 3. The predicted octanol–water partition coefficient (Wildman–Crippen LogP) is 8.68. The number of allylic oxidation sites excluding steroid dienone is 2. The van der Waals surface area contributed by atoms with Gasteiger partial charge in [0, 0.05) is 0 Å². The fourth-order valence-electron chi connectivity index (χ4n) is 5.70. The van der Waals surface area contributed by atoms with Gasteiger partial charge < -0.3 is 4.74 Å². The number of hydrogen-bond acceptors (Lipinski definition) is 1. The molecule has 4 rings (SSSR count). The van der Waals surface area contributed by atoms with E-state index in [1.165, 1.54) is 12.1 Å². The molecule has 34 heavy (non-hydrogen) atoms. The van der Waals surface area contributed by atoms with Gasteiger partial charge in [0.2, 0.25) is 5.75 Å². The van der Waals surface area contributed by atoms with Gasteiger partial charge in [0.15, 0.2) is 11.6 Å². The van der Waals surface area contributed by atoms with Gasteiger partial charge in [0.25, 0.3) is 0 Å². The zero-order chi connectivity index (χ0) is 24.6. The highest BCUT2D eigenvalue weighted by molar-refractivity contribution is 5.66. The maximum absolute atomic E-state index is 15.0. The second-order valence-electron chi connectivity index (χ2n) is 9.31. The van der Waals surface area contributed by atoms with Gasteiger partial charge >= 0.3 is 6.36 Å². The molecular formula is C26H25F7O. The molecular weight excluding hydrogens is 461 g/mol. The van der Waals surface area contributed by atoms with Crippen LogP contribution in [0.25, 0.3) is 11.1 Å². The Morgan fingerprint density at radius 2 is 1.38 bits per heavy atom. The number of hydrogen-bond donors (Lipinski definition) is 0. The van der Waals surface area contributed by atoms with Crippen LogP contribution in [0.3, 0.4) is 0 Å². The molecule has 0 aliphatic heterocycles. The molecule has 0 spiro atoms. The lowest BCUT2D eigenvalue weighted by Crippen LogP contribution is -2.30. The minimum absolute atomic E-state index is 0.0198. The molecule has 1 nitrogen and oxygen atoms in total. The second kappa shape index (κ2) is 9.62. The van der Waals surface area contributed by atoms with Gasteiger partial charge in [-0.1, -0.05) is 12.2 Å². The van der Waals surface area contributed by atoms with Crippen LogP contribution in [0.1, 0.15) is 56.9 Å². The highest BCUT2D eigenvalue weighted by atomic mass is 19.4. The minimum atomic E-state index is -5.31. The Balaban J connectivity index is 1.56. The molecule has 0 N–H and O–H groups in total. The molecule has 2 aliphatic rings. The lowest BCUT2D eigenvalue weighted by molar-refractivity contribution is -0.276. The van der Waals surface area contributed by atoms with Crippen LogP contribution in [0, 0.1) is 41.0 Å². The Bertz CT molecular complexity index is 1030. The first kappa shape index (κ1) is 24.6. The van der Waals surface area contributed by atoms with Crippen LogP contribution in [0.15, 0.2) is 36.4 Å². The fraction of sp³-hybridized carbons (Fsp3) is 0.462. The third-order valence-corrected chi connectivity index (χ3v) is 7.16. The molecule has 8 heteroatoms. The Labute approximate surface area is 193 Å². The smallest absolute Gasteiger partial charge is 0.399 e. The summed E-state index contributed by atoms with van der Waals surface area (Å²) in [6.07, 6.45) is 4.94. The third kappa shape index (κ3) is 5.26. The van der Waals surface area contributed by atoms with Gasteiger partial charge in [0.1, 0.15) is 11.6 Å². The van der Waals surface area contributed by atoms with E-state index in [4.69, 9.17) is 0 Å². The van der Waals surface area contributed by atoms with E-state index >= 15 is 0 Å². The maximum Gasteiger partial charge on any atom is 0.573 e. The van der Waals surface area contributed by atoms with Crippen molar-refractivity contribution in [2.45, 2.75) is 57.7 Å². The van der Waals surface area contributed by atoms with Crippen molar-refractivity contribution >= 4 is 0 Å². The molecule has 2 aliphatic carbocycles. The number of rotatable bonds is 4. The second-order valence-corrected chi connectivity index (χ2v) is 9.31. The van der Waals surface area contributed by atoms with Crippen LogP contribution >= 0.6 is 0 Å². The van der Waals surface area contributed by atoms with Crippen molar-refractivity contribution in [2.24, 2.45) is 17.8 Å². The van der Waals surface area contributed by atoms with Gasteiger partial charge in [-0.3, -0.25) is 0 Å². The largest absolute Gasteiger partial charge is 0.573 e. The molecule has 4 unspecified atom stereocenters. The van der Waals surface area contributed by atoms with Crippen LogP contribution in [0.4, 0.5) is 30.7 Å². The monoisotopic (exact) mass is 486 g/mol. The Kier molecular flexibility index (Phi) is 6.97. The lowest BCUT2D eigenvalue weighted by atomic mass is 9.64. The molecule has 2 aromatic rings. The molecule has 2 fully saturated rings. The summed E-state index contributed by atoms with van der Waals surface area (Å²) in [6.45, 7) is 2.02. The average Bonchev–Trinajstić information content (AvgIpc) is 2.75. The summed E-state index contributed by atoms with van der Waals surface area (Å²) in [5.41, 5.74) is -0.747. The number of fused-ring (bicyclic) bond motifs is 1. The summed E-state index contributed by atoms with van der Waals surface area (Å²) < 4.78 is 98.5.